The summed E-state index contributed by atoms with van der Waals surface area (Å²) in [5.74, 6) is 0. The molecule has 0 aliphatic rings. The minimum Gasteiger partial charge on any atom is -0.398 e. The first kappa shape index (κ1) is 11.5. The quantitative estimate of drug-likeness (QED) is 0.785. The molecule has 3 N–H and O–H groups in total. The first-order valence-corrected chi connectivity index (χ1v) is 5.90. The largest absolute Gasteiger partial charge is 0.398 e. The minimum absolute atomic E-state index is 0.842. The van der Waals surface area contributed by atoms with Gasteiger partial charge >= 0.3 is 0 Å². The van der Waals surface area contributed by atoms with Gasteiger partial charge in [-0.25, -0.2) is 0 Å². The third-order valence-electron chi connectivity index (χ3n) is 2.95. The van der Waals surface area contributed by atoms with E-state index in [0.29, 0.717) is 0 Å². The Morgan fingerprint density at radius 3 is 2.53 bits per heavy atom. The highest BCUT2D eigenvalue weighted by molar-refractivity contribution is 5.62. The molecular weight excluding hydrogens is 208 g/mol. The summed E-state index contributed by atoms with van der Waals surface area (Å²) >= 11 is 0. The lowest BCUT2D eigenvalue weighted by Crippen LogP contribution is -2.06. The zero-order chi connectivity index (χ0) is 12.1. The third kappa shape index (κ3) is 3.00. The summed E-state index contributed by atoms with van der Waals surface area (Å²) in [5, 5.41) is 3.42. The SMILES string of the molecule is Cc1c(N)cccc1NCCc1ccccc1. The Morgan fingerprint density at radius 1 is 1.00 bits per heavy atom. The molecule has 0 aromatic heterocycles. The fraction of sp³-hybridized carbons (Fsp3) is 0.200. The Labute approximate surface area is 102 Å². The van der Waals surface area contributed by atoms with Crippen molar-refractivity contribution >= 4 is 11.4 Å². The van der Waals surface area contributed by atoms with Gasteiger partial charge in [-0.2, -0.15) is 0 Å². The van der Waals surface area contributed by atoms with Crippen molar-refractivity contribution in [1.29, 1.82) is 0 Å². The van der Waals surface area contributed by atoms with Crippen LogP contribution in [0, 0.1) is 6.92 Å². The molecule has 2 rings (SSSR count). The van der Waals surface area contributed by atoms with E-state index in [4.69, 9.17) is 5.73 Å². The smallest absolute Gasteiger partial charge is 0.0390 e. The van der Waals surface area contributed by atoms with Crippen LogP contribution in [0.15, 0.2) is 48.5 Å². The van der Waals surface area contributed by atoms with E-state index in [1.807, 2.05) is 25.1 Å². The second-order valence-electron chi connectivity index (χ2n) is 4.18. The Balaban J connectivity index is 1.93. The van der Waals surface area contributed by atoms with Crippen molar-refractivity contribution in [2.24, 2.45) is 0 Å². The lowest BCUT2D eigenvalue weighted by Gasteiger charge is -2.11. The lowest BCUT2D eigenvalue weighted by molar-refractivity contribution is 1.02. The number of nitrogen functional groups attached to an aromatic ring is 1. The van der Waals surface area contributed by atoms with Crippen molar-refractivity contribution in [3.05, 3.63) is 59.7 Å². The number of nitrogens with one attached hydrogen (secondary N) is 1. The van der Waals surface area contributed by atoms with Crippen LogP contribution in [-0.2, 0) is 6.42 Å². The number of benzene rings is 2. The van der Waals surface area contributed by atoms with E-state index in [0.717, 1.165) is 29.9 Å². The molecular formula is C15H18N2. The minimum atomic E-state index is 0.842. The zero-order valence-electron chi connectivity index (χ0n) is 10.1. The standard InChI is InChI=1S/C15H18N2/c1-12-14(16)8-5-9-15(12)17-11-10-13-6-3-2-4-7-13/h2-9,17H,10-11,16H2,1H3. The monoisotopic (exact) mass is 226 g/mol. The van der Waals surface area contributed by atoms with Gasteiger partial charge in [0.05, 0.1) is 0 Å². The Morgan fingerprint density at radius 2 is 1.76 bits per heavy atom. The zero-order valence-corrected chi connectivity index (χ0v) is 10.1. The maximum absolute atomic E-state index is 5.86. The van der Waals surface area contributed by atoms with Gasteiger partial charge in [-0.3, -0.25) is 0 Å². The number of hydrogen-bond acceptors (Lipinski definition) is 2. The normalized spacial score (nSPS) is 10.2. The molecule has 0 fully saturated rings. The molecule has 0 aliphatic carbocycles. The van der Waals surface area contributed by atoms with Gasteiger partial charge in [0.1, 0.15) is 0 Å². The summed E-state index contributed by atoms with van der Waals surface area (Å²) in [6.07, 6.45) is 1.02. The topological polar surface area (TPSA) is 38.0 Å². The first-order valence-electron chi connectivity index (χ1n) is 5.90. The summed E-state index contributed by atoms with van der Waals surface area (Å²) in [6, 6.07) is 16.4. The summed E-state index contributed by atoms with van der Waals surface area (Å²) in [4.78, 5) is 0. The van der Waals surface area contributed by atoms with Crippen molar-refractivity contribution < 1.29 is 0 Å². The molecule has 17 heavy (non-hydrogen) atoms. The van der Waals surface area contributed by atoms with Gasteiger partial charge in [-0.15, -0.1) is 0 Å². The average Bonchev–Trinajstić information content (AvgIpc) is 2.36. The van der Waals surface area contributed by atoms with E-state index in [1.165, 1.54) is 5.56 Å². The lowest BCUT2D eigenvalue weighted by atomic mass is 10.1. The van der Waals surface area contributed by atoms with E-state index >= 15 is 0 Å². The fourth-order valence-corrected chi connectivity index (χ4v) is 1.83. The van der Waals surface area contributed by atoms with Gasteiger partial charge in [0, 0.05) is 17.9 Å². The molecule has 0 atom stereocenters. The van der Waals surface area contributed by atoms with Gasteiger partial charge in [-0.1, -0.05) is 36.4 Å². The highest BCUT2D eigenvalue weighted by atomic mass is 14.9. The number of nitrogens with two attached hydrogens (primary N) is 1. The highest BCUT2D eigenvalue weighted by Crippen LogP contribution is 2.20. The van der Waals surface area contributed by atoms with Crippen molar-refractivity contribution in [3.8, 4) is 0 Å². The number of anilines is 2. The predicted molar refractivity (Wildman–Crippen MR) is 74.2 cm³/mol. The van der Waals surface area contributed by atoms with E-state index in [1.54, 1.807) is 0 Å². The summed E-state index contributed by atoms with van der Waals surface area (Å²) < 4.78 is 0. The van der Waals surface area contributed by atoms with Gasteiger partial charge in [0.25, 0.3) is 0 Å². The molecule has 2 aromatic rings. The molecule has 2 nitrogen and oxygen atoms in total. The third-order valence-corrected chi connectivity index (χ3v) is 2.95. The second kappa shape index (κ2) is 5.39. The Bertz CT molecular complexity index is 478. The van der Waals surface area contributed by atoms with Crippen molar-refractivity contribution in [2.45, 2.75) is 13.3 Å². The van der Waals surface area contributed by atoms with Gasteiger partial charge < -0.3 is 11.1 Å². The van der Waals surface area contributed by atoms with E-state index in [2.05, 4.69) is 35.6 Å². The molecule has 0 aliphatic heterocycles. The molecule has 0 saturated carbocycles. The summed E-state index contributed by atoms with van der Waals surface area (Å²) in [7, 11) is 0. The van der Waals surface area contributed by atoms with Crippen molar-refractivity contribution in [3.63, 3.8) is 0 Å². The summed E-state index contributed by atoms with van der Waals surface area (Å²) in [6.45, 7) is 2.97. The molecule has 0 radical (unpaired) electrons. The van der Waals surface area contributed by atoms with Gasteiger partial charge in [-0.05, 0) is 36.6 Å². The average molecular weight is 226 g/mol. The van der Waals surface area contributed by atoms with Crippen LogP contribution in [-0.4, -0.2) is 6.54 Å². The van der Waals surface area contributed by atoms with Crippen LogP contribution in [0.4, 0.5) is 11.4 Å². The first-order chi connectivity index (χ1) is 8.27. The van der Waals surface area contributed by atoms with Crippen LogP contribution in [0.25, 0.3) is 0 Å². The molecule has 2 aromatic carbocycles. The summed E-state index contributed by atoms with van der Waals surface area (Å²) in [5.41, 5.74) is 10.3. The van der Waals surface area contributed by atoms with Gasteiger partial charge in [0.2, 0.25) is 0 Å². The van der Waals surface area contributed by atoms with Crippen LogP contribution in [0.3, 0.4) is 0 Å². The molecule has 0 amide bonds. The van der Waals surface area contributed by atoms with E-state index < -0.39 is 0 Å². The molecule has 0 heterocycles. The molecule has 0 bridgehead atoms. The second-order valence-corrected chi connectivity index (χ2v) is 4.18. The van der Waals surface area contributed by atoms with Crippen LogP contribution in [0.2, 0.25) is 0 Å². The molecule has 0 saturated heterocycles. The fourth-order valence-electron chi connectivity index (χ4n) is 1.83. The van der Waals surface area contributed by atoms with Crippen molar-refractivity contribution in [2.75, 3.05) is 17.6 Å². The Hall–Kier alpha value is -1.96. The maximum atomic E-state index is 5.86. The van der Waals surface area contributed by atoms with E-state index in [9.17, 15) is 0 Å². The number of hydrogen-bond donors (Lipinski definition) is 2. The van der Waals surface area contributed by atoms with Gasteiger partial charge in [0.15, 0.2) is 0 Å². The van der Waals surface area contributed by atoms with Crippen LogP contribution in [0.5, 0.6) is 0 Å². The van der Waals surface area contributed by atoms with Crippen LogP contribution >= 0.6 is 0 Å². The maximum Gasteiger partial charge on any atom is 0.0390 e. The highest BCUT2D eigenvalue weighted by Gasteiger charge is 2.00. The molecule has 2 heteroatoms. The molecule has 88 valence electrons. The van der Waals surface area contributed by atoms with E-state index in [-0.39, 0.29) is 0 Å². The molecule has 0 unspecified atom stereocenters. The predicted octanol–water partition coefficient (Wildman–Crippen LogP) is 3.23. The molecule has 0 spiro atoms. The van der Waals surface area contributed by atoms with Crippen LogP contribution < -0.4 is 11.1 Å². The Kier molecular flexibility index (Phi) is 3.66. The van der Waals surface area contributed by atoms with Crippen molar-refractivity contribution in [1.82, 2.24) is 0 Å². The van der Waals surface area contributed by atoms with Crippen LogP contribution in [0.1, 0.15) is 11.1 Å². The number of rotatable bonds is 4.